The molecular formula is C36H60O. The van der Waals surface area contributed by atoms with Crippen LogP contribution in [0.25, 0.3) is 0 Å². The lowest BCUT2D eigenvalue weighted by atomic mass is 10.0. The molecule has 0 aromatic rings. The van der Waals surface area contributed by atoms with Gasteiger partial charge in [0.15, 0.2) is 0 Å². The third-order valence-electron chi connectivity index (χ3n) is 6.46. The number of hydrogen-bond donors (Lipinski definition) is 0. The second kappa shape index (κ2) is 32.1. The van der Waals surface area contributed by atoms with E-state index in [1.54, 1.807) is 0 Å². The highest BCUT2D eigenvalue weighted by atomic mass is 16.1. The van der Waals surface area contributed by atoms with Gasteiger partial charge in [-0.15, -0.1) is 0 Å². The van der Waals surface area contributed by atoms with Crippen LogP contribution in [0.2, 0.25) is 0 Å². The normalized spacial score (nSPS) is 12.7. The summed E-state index contributed by atoms with van der Waals surface area (Å²) in [6.07, 6.45) is 51.2. The Kier molecular flexibility index (Phi) is 30.5. The molecule has 0 fully saturated rings. The SMILES string of the molecule is CCC=CCC=CCC=CCCCCCCCC(=O)CCCCCCCC/C=C\C/C=C\C/C=C\CC. The maximum absolute atomic E-state index is 12.1. The van der Waals surface area contributed by atoms with Gasteiger partial charge < -0.3 is 0 Å². The fourth-order valence-corrected chi connectivity index (χ4v) is 4.18. The summed E-state index contributed by atoms with van der Waals surface area (Å²) < 4.78 is 0. The summed E-state index contributed by atoms with van der Waals surface area (Å²) in [6, 6.07) is 0. The molecule has 0 aliphatic heterocycles. The van der Waals surface area contributed by atoms with Crippen molar-refractivity contribution in [1.29, 1.82) is 0 Å². The first kappa shape index (κ1) is 35.1. The van der Waals surface area contributed by atoms with Crippen LogP contribution in [0, 0.1) is 0 Å². The highest BCUT2D eigenvalue weighted by molar-refractivity contribution is 5.78. The minimum atomic E-state index is 0.488. The van der Waals surface area contributed by atoms with Gasteiger partial charge in [-0.05, 0) is 77.0 Å². The predicted molar refractivity (Wildman–Crippen MR) is 168 cm³/mol. The molecule has 0 bridgehead atoms. The molecule has 0 rings (SSSR count). The van der Waals surface area contributed by atoms with E-state index in [0.717, 1.165) is 64.2 Å². The lowest BCUT2D eigenvalue weighted by Crippen LogP contribution is -1.97. The van der Waals surface area contributed by atoms with Gasteiger partial charge in [0.2, 0.25) is 0 Å². The minimum Gasteiger partial charge on any atom is -0.300 e. The van der Waals surface area contributed by atoms with Crippen molar-refractivity contribution in [1.82, 2.24) is 0 Å². The van der Waals surface area contributed by atoms with E-state index in [2.05, 4.69) is 86.8 Å². The predicted octanol–water partition coefficient (Wildman–Crippen LogP) is 12.1. The first-order valence-corrected chi connectivity index (χ1v) is 15.7. The van der Waals surface area contributed by atoms with Crippen LogP contribution in [0.3, 0.4) is 0 Å². The van der Waals surface area contributed by atoms with Crippen molar-refractivity contribution >= 4 is 5.78 Å². The van der Waals surface area contributed by atoms with Gasteiger partial charge in [-0.2, -0.15) is 0 Å². The van der Waals surface area contributed by atoms with Crippen LogP contribution in [-0.2, 0) is 4.79 Å². The Labute approximate surface area is 232 Å². The molecule has 1 heteroatoms. The number of hydrogen-bond acceptors (Lipinski definition) is 1. The van der Waals surface area contributed by atoms with Gasteiger partial charge in [0.25, 0.3) is 0 Å². The second-order valence-electron chi connectivity index (χ2n) is 10.1. The van der Waals surface area contributed by atoms with E-state index in [4.69, 9.17) is 0 Å². The zero-order valence-corrected chi connectivity index (χ0v) is 24.7. The lowest BCUT2D eigenvalue weighted by molar-refractivity contribution is -0.119. The van der Waals surface area contributed by atoms with Gasteiger partial charge in [0.05, 0.1) is 0 Å². The molecule has 0 saturated carbocycles. The van der Waals surface area contributed by atoms with Crippen molar-refractivity contribution in [2.75, 3.05) is 0 Å². The second-order valence-corrected chi connectivity index (χ2v) is 10.1. The summed E-state index contributed by atoms with van der Waals surface area (Å²) in [5, 5.41) is 0. The maximum atomic E-state index is 12.1. The van der Waals surface area contributed by atoms with Crippen molar-refractivity contribution in [2.45, 2.75) is 149 Å². The number of ketones is 1. The van der Waals surface area contributed by atoms with E-state index in [1.165, 1.54) is 70.6 Å². The maximum Gasteiger partial charge on any atom is 0.132 e. The number of carbonyl (C=O) groups excluding carboxylic acids is 1. The van der Waals surface area contributed by atoms with Crippen molar-refractivity contribution in [2.24, 2.45) is 0 Å². The minimum absolute atomic E-state index is 0.488. The zero-order valence-electron chi connectivity index (χ0n) is 24.7. The molecule has 1 nitrogen and oxygen atoms in total. The standard InChI is InChI=1S/C36H60O/c1-3-5-7-9-11-13-15-17-19-21-23-25-27-29-31-33-35-36(37)34-32-30-28-26-24-22-20-18-16-14-12-10-8-6-4-2/h5-8,11-14,17-20H,3-4,9-10,15-16,21-35H2,1-2H3/b7-5-,8-6?,13-11-,14-12?,19-17-,20-18?. The van der Waals surface area contributed by atoms with Crippen LogP contribution in [0.15, 0.2) is 72.9 Å². The van der Waals surface area contributed by atoms with Gasteiger partial charge in [-0.3, -0.25) is 4.79 Å². The quantitative estimate of drug-likeness (QED) is 0.0796. The monoisotopic (exact) mass is 508 g/mol. The molecule has 210 valence electrons. The van der Waals surface area contributed by atoms with Crippen LogP contribution in [0.5, 0.6) is 0 Å². The molecule has 37 heavy (non-hydrogen) atoms. The van der Waals surface area contributed by atoms with Gasteiger partial charge in [-0.1, -0.05) is 132 Å². The first-order valence-electron chi connectivity index (χ1n) is 15.7. The first-order chi connectivity index (χ1) is 18.3. The summed E-state index contributed by atoms with van der Waals surface area (Å²) in [7, 11) is 0. The molecule has 0 N–H and O–H groups in total. The van der Waals surface area contributed by atoms with Crippen LogP contribution < -0.4 is 0 Å². The number of unbranched alkanes of at least 4 members (excludes halogenated alkanes) is 11. The zero-order chi connectivity index (χ0) is 26.9. The molecule has 0 aliphatic carbocycles. The summed E-state index contributed by atoms with van der Waals surface area (Å²) in [5.74, 6) is 0.488. The number of carbonyl (C=O) groups is 1. The molecule has 0 aliphatic rings. The number of rotatable bonds is 27. The third kappa shape index (κ3) is 32.1. The van der Waals surface area contributed by atoms with E-state index in [0.29, 0.717) is 5.78 Å². The highest BCUT2D eigenvalue weighted by Gasteiger charge is 2.01. The van der Waals surface area contributed by atoms with Crippen LogP contribution in [0.4, 0.5) is 0 Å². The van der Waals surface area contributed by atoms with Crippen molar-refractivity contribution in [3.63, 3.8) is 0 Å². The average molecular weight is 509 g/mol. The Morgan fingerprint density at radius 3 is 1.05 bits per heavy atom. The third-order valence-corrected chi connectivity index (χ3v) is 6.46. The van der Waals surface area contributed by atoms with Gasteiger partial charge in [0, 0.05) is 12.8 Å². The van der Waals surface area contributed by atoms with Crippen molar-refractivity contribution in [3.8, 4) is 0 Å². The Balaban J connectivity index is 3.34. The smallest absolute Gasteiger partial charge is 0.132 e. The Bertz CT molecular complexity index is 644. The Morgan fingerprint density at radius 2 is 0.676 bits per heavy atom. The largest absolute Gasteiger partial charge is 0.300 e. The molecule has 0 amide bonds. The molecular weight excluding hydrogens is 448 g/mol. The van der Waals surface area contributed by atoms with Crippen LogP contribution in [0.1, 0.15) is 149 Å². The van der Waals surface area contributed by atoms with Crippen molar-refractivity contribution in [3.05, 3.63) is 72.9 Å². The number of Topliss-reactive ketones (excluding diaryl/α,β-unsaturated/α-hetero) is 1. The Morgan fingerprint density at radius 1 is 0.378 bits per heavy atom. The fourth-order valence-electron chi connectivity index (χ4n) is 4.18. The highest BCUT2D eigenvalue weighted by Crippen LogP contribution is 2.12. The molecule has 0 unspecified atom stereocenters. The van der Waals surface area contributed by atoms with E-state index >= 15 is 0 Å². The van der Waals surface area contributed by atoms with Gasteiger partial charge in [-0.25, -0.2) is 0 Å². The van der Waals surface area contributed by atoms with Gasteiger partial charge in [0.1, 0.15) is 5.78 Å². The molecule has 0 aromatic heterocycles. The lowest BCUT2D eigenvalue weighted by Gasteiger charge is -2.03. The summed E-state index contributed by atoms with van der Waals surface area (Å²) in [5.41, 5.74) is 0. The molecule has 0 heterocycles. The topological polar surface area (TPSA) is 17.1 Å². The summed E-state index contributed by atoms with van der Waals surface area (Å²) in [4.78, 5) is 12.1. The number of allylic oxidation sites excluding steroid dienone is 12. The molecule has 0 atom stereocenters. The van der Waals surface area contributed by atoms with Crippen LogP contribution in [-0.4, -0.2) is 5.78 Å². The van der Waals surface area contributed by atoms with E-state index in [1.807, 2.05) is 0 Å². The van der Waals surface area contributed by atoms with E-state index < -0.39 is 0 Å². The van der Waals surface area contributed by atoms with Gasteiger partial charge >= 0.3 is 0 Å². The summed E-state index contributed by atoms with van der Waals surface area (Å²) >= 11 is 0. The molecule has 0 aromatic carbocycles. The Hall–Kier alpha value is -1.89. The molecule has 0 saturated heterocycles. The van der Waals surface area contributed by atoms with Crippen molar-refractivity contribution < 1.29 is 4.79 Å². The summed E-state index contributed by atoms with van der Waals surface area (Å²) in [6.45, 7) is 4.34. The van der Waals surface area contributed by atoms with Crippen LogP contribution >= 0.6 is 0 Å². The van der Waals surface area contributed by atoms with E-state index in [-0.39, 0.29) is 0 Å². The molecule has 0 spiro atoms. The average Bonchev–Trinajstić information content (AvgIpc) is 2.90. The fraction of sp³-hybridized carbons (Fsp3) is 0.639. The van der Waals surface area contributed by atoms with E-state index in [9.17, 15) is 4.79 Å². The molecule has 0 radical (unpaired) electrons.